The van der Waals surface area contributed by atoms with Crippen molar-refractivity contribution in [3.8, 4) is 5.75 Å². The van der Waals surface area contributed by atoms with Gasteiger partial charge < -0.3 is 19.9 Å². The fraction of sp³-hybridized carbons (Fsp3) is 0.286. The van der Waals surface area contributed by atoms with Crippen LogP contribution < -0.4 is 15.0 Å². The van der Waals surface area contributed by atoms with Crippen LogP contribution in [-0.2, 0) is 22.6 Å². The Hall–Kier alpha value is -4.65. The van der Waals surface area contributed by atoms with E-state index in [0.29, 0.717) is 30.7 Å². The summed E-state index contributed by atoms with van der Waals surface area (Å²) in [5, 5.41) is 5.02. The minimum atomic E-state index is -0.708. The van der Waals surface area contributed by atoms with E-state index < -0.39 is 6.04 Å². The number of hydrogen-bond acceptors (Lipinski definition) is 4. The molecule has 42 heavy (non-hydrogen) atoms. The van der Waals surface area contributed by atoms with Gasteiger partial charge in [0.2, 0.25) is 11.8 Å². The van der Waals surface area contributed by atoms with E-state index in [-0.39, 0.29) is 36.7 Å². The van der Waals surface area contributed by atoms with Gasteiger partial charge in [0, 0.05) is 42.9 Å². The Morgan fingerprint density at radius 2 is 1.62 bits per heavy atom. The number of anilines is 1. The van der Waals surface area contributed by atoms with Gasteiger partial charge in [-0.15, -0.1) is 0 Å². The predicted octanol–water partition coefficient (Wildman–Crippen LogP) is 5.75. The van der Waals surface area contributed by atoms with Crippen LogP contribution in [0.1, 0.15) is 48.2 Å². The molecule has 0 bridgehead atoms. The molecular weight excluding hydrogens is 526 g/mol. The molecule has 1 N–H and O–H groups in total. The minimum Gasteiger partial charge on any atom is -0.497 e. The molecule has 4 aromatic rings. The van der Waals surface area contributed by atoms with Crippen LogP contribution in [0.15, 0.2) is 91.0 Å². The Bertz CT molecular complexity index is 1580. The number of hydrogen-bond donors (Lipinski definition) is 1. The van der Waals surface area contributed by atoms with Gasteiger partial charge in [0.1, 0.15) is 11.8 Å². The Morgan fingerprint density at radius 1 is 0.905 bits per heavy atom. The summed E-state index contributed by atoms with van der Waals surface area (Å²) in [6, 6.07) is 28.2. The molecule has 216 valence electrons. The fourth-order valence-corrected chi connectivity index (χ4v) is 5.64. The highest BCUT2D eigenvalue weighted by Gasteiger charge is 2.32. The molecule has 7 nitrogen and oxygen atoms in total. The minimum absolute atomic E-state index is 0.0410. The second kappa shape index (κ2) is 12.9. The van der Waals surface area contributed by atoms with Gasteiger partial charge in [-0.05, 0) is 61.0 Å². The molecule has 1 atom stereocenters. The van der Waals surface area contributed by atoms with E-state index in [2.05, 4.69) is 5.32 Å². The highest BCUT2D eigenvalue weighted by Crippen LogP contribution is 2.37. The quantitative estimate of drug-likeness (QED) is 0.238. The van der Waals surface area contributed by atoms with Gasteiger partial charge in [-0.25, -0.2) is 0 Å². The molecule has 1 heterocycles. The van der Waals surface area contributed by atoms with E-state index in [4.69, 9.17) is 4.74 Å². The van der Waals surface area contributed by atoms with E-state index in [1.54, 1.807) is 16.9 Å². The van der Waals surface area contributed by atoms with Crippen LogP contribution in [0.5, 0.6) is 5.75 Å². The lowest BCUT2D eigenvalue weighted by molar-refractivity contribution is -0.141. The summed E-state index contributed by atoms with van der Waals surface area (Å²) in [6.45, 7) is 4.49. The summed E-state index contributed by atoms with van der Waals surface area (Å²) < 4.78 is 5.42. The number of nitrogens with one attached hydrogen (secondary N) is 1. The van der Waals surface area contributed by atoms with Crippen LogP contribution in [0, 0.1) is 0 Å². The van der Waals surface area contributed by atoms with Gasteiger partial charge in [-0.1, -0.05) is 66.7 Å². The molecule has 0 radical (unpaired) electrons. The zero-order chi connectivity index (χ0) is 29.6. The van der Waals surface area contributed by atoms with Crippen LogP contribution in [0.3, 0.4) is 0 Å². The van der Waals surface area contributed by atoms with Gasteiger partial charge >= 0.3 is 0 Å². The first-order valence-corrected chi connectivity index (χ1v) is 14.5. The van der Waals surface area contributed by atoms with Crippen molar-refractivity contribution in [2.45, 2.75) is 51.7 Å². The predicted molar refractivity (Wildman–Crippen MR) is 166 cm³/mol. The Morgan fingerprint density at radius 3 is 2.36 bits per heavy atom. The van der Waals surface area contributed by atoms with E-state index >= 15 is 0 Å². The van der Waals surface area contributed by atoms with Crippen molar-refractivity contribution >= 4 is 34.2 Å². The van der Waals surface area contributed by atoms with E-state index in [9.17, 15) is 14.4 Å². The van der Waals surface area contributed by atoms with Crippen molar-refractivity contribution in [1.29, 1.82) is 0 Å². The molecule has 3 amide bonds. The van der Waals surface area contributed by atoms with Gasteiger partial charge in [0.05, 0.1) is 12.8 Å². The average Bonchev–Trinajstić information content (AvgIpc) is 3.27. The smallest absolute Gasteiger partial charge is 0.258 e. The van der Waals surface area contributed by atoms with Crippen molar-refractivity contribution in [2.24, 2.45) is 0 Å². The molecular formula is C35H37N3O4. The van der Waals surface area contributed by atoms with E-state index in [0.717, 1.165) is 27.6 Å². The number of amides is 3. The molecule has 7 heteroatoms. The van der Waals surface area contributed by atoms with Gasteiger partial charge in [0.15, 0.2) is 0 Å². The van der Waals surface area contributed by atoms with Crippen LogP contribution in [0.4, 0.5) is 5.69 Å². The molecule has 0 unspecified atom stereocenters. The van der Waals surface area contributed by atoms with Crippen molar-refractivity contribution in [1.82, 2.24) is 10.2 Å². The maximum atomic E-state index is 14.0. The van der Waals surface area contributed by atoms with Gasteiger partial charge in [0.25, 0.3) is 5.91 Å². The maximum absolute atomic E-state index is 14.0. The molecule has 5 rings (SSSR count). The molecule has 0 saturated carbocycles. The molecule has 0 fully saturated rings. The molecule has 0 saturated heterocycles. The summed E-state index contributed by atoms with van der Waals surface area (Å²) in [5.41, 5.74) is 3.42. The summed E-state index contributed by atoms with van der Waals surface area (Å²) in [4.78, 5) is 44.3. The van der Waals surface area contributed by atoms with Crippen molar-refractivity contribution in [3.05, 3.63) is 108 Å². The molecule has 0 aromatic heterocycles. The van der Waals surface area contributed by atoms with Crippen molar-refractivity contribution < 1.29 is 19.1 Å². The first-order valence-electron chi connectivity index (χ1n) is 14.5. The van der Waals surface area contributed by atoms with E-state index in [1.807, 2.05) is 105 Å². The number of carbonyl (C=O) groups is 3. The lowest BCUT2D eigenvalue weighted by Gasteiger charge is -2.32. The third-order valence-corrected chi connectivity index (χ3v) is 7.61. The molecule has 1 aliphatic heterocycles. The number of benzene rings is 4. The topological polar surface area (TPSA) is 79.0 Å². The maximum Gasteiger partial charge on any atom is 0.258 e. The Kier molecular flexibility index (Phi) is 8.86. The highest BCUT2D eigenvalue weighted by molar-refractivity contribution is 6.25. The van der Waals surface area contributed by atoms with Crippen molar-refractivity contribution in [3.63, 3.8) is 0 Å². The van der Waals surface area contributed by atoms with Gasteiger partial charge in [-0.3, -0.25) is 14.4 Å². The average molecular weight is 564 g/mol. The molecule has 1 aliphatic rings. The second-order valence-corrected chi connectivity index (χ2v) is 11.0. The third-order valence-electron chi connectivity index (χ3n) is 7.61. The van der Waals surface area contributed by atoms with Gasteiger partial charge in [-0.2, -0.15) is 0 Å². The van der Waals surface area contributed by atoms with Crippen LogP contribution >= 0.6 is 0 Å². The highest BCUT2D eigenvalue weighted by atomic mass is 16.5. The summed E-state index contributed by atoms with van der Waals surface area (Å²) >= 11 is 0. The number of methoxy groups -OCH3 is 1. The number of nitrogens with zero attached hydrogens (tertiary/aromatic N) is 2. The number of carbonyl (C=O) groups excluding carboxylic acids is 3. The fourth-order valence-electron chi connectivity index (χ4n) is 5.64. The van der Waals surface area contributed by atoms with Crippen LogP contribution in [0.2, 0.25) is 0 Å². The first kappa shape index (κ1) is 28.9. The van der Waals surface area contributed by atoms with Crippen LogP contribution in [-0.4, -0.2) is 48.4 Å². The first-order chi connectivity index (χ1) is 20.4. The van der Waals surface area contributed by atoms with Crippen molar-refractivity contribution in [2.75, 3.05) is 18.6 Å². The third kappa shape index (κ3) is 6.30. The Balaban J connectivity index is 1.38. The zero-order valence-corrected chi connectivity index (χ0v) is 24.4. The number of ether oxygens (including phenoxy) is 1. The zero-order valence-electron chi connectivity index (χ0n) is 24.4. The largest absolute Gasteiger partial charge is 0.497 e. The molecule has 4 aromatic carbocycles. The monoisotopic (exact) mass is 563 g/mol. The normalized spacial score (nSPS) is 13.0. The Labute approximate surface area is 247 Å². The SMILES string of the molecule is COc1cccc(CN(C(=O)CCCN2C(=O)c3cccc4cccc2c34)[C@H](Cc2ccccc2)C(=O)NC(C)C)c1. The standard InChI is InChI=1S/C35H37N3O4/c1-24(2)36-34(40)31(22-25-11-5-4-6-12-25)38(23-26-13-7-16-28(21-26)42-3)32(39)19-10-20-37-30-18-9-15-27-14-8-17-29(33(27)30)35(37)41/h4-9,11-18,21,24,31H,10,19-20,22-23H2,1-3H3,(H,36,40)/t31-/m1/s1. The summed E-state index contributed by atoms with van der Waals surface area (Å²) in [6.07, 6.45) is 1.05. The lowest BCUT2D eigenvalue weighted by Crippen LogP contribution is -2.51. The number of rotatable bonds is 12. The summed E-state index contributed by atoms with van der Waals surface area (Å²) in [7, 11) is 1.61. The molecule has 0 aliphatic carbocycles. The van der Waals surface area contributed by atoms with E-state index in [1.165, 1.54) is 0 Å². The summed E-state index contributed by atoms with van der Waals surface area (Å²) in [5.74, 6) is 0.315. The lowest BCUT2D eigenvalue weighted by atomic mass is 10.0. The van der Waals surface area contributed by atoms with Crippen LogP contribution in [0.25, 0.3) is 10.8 Å². The molecule has 0 spiro atoms. The second-order valence-electron chi connectivity index (χ2n) is 11.0.